The van der Waals surface area contributed by atoms with Crippen molar-refractivity contribution in [3.63, 3.8) is 0 Å². The first kappa shape index (κ1) is 15.5. The summed E-state index contributed by atoms with van der Waals surface area (Å²) >= 11 is 0. The molecule has 0 aromatic heterocycles. The zero-order valence-electron chi connectivity index (χ0n) is 12.6. The molecule has 0 radical (unpaired) electrons. The Hall–Kier alpha value is -0.900. The van der Waals surface area contributed by atoms with E-state index in [2.05, 4.69) is 19.1 Å². The highest BCUT2D eigenvalue weighted by atomic mass is 16.5. The topological polar surface area (TPSA) is 33.9 Å². The summed E-state index contributed by atoms with van der Waals surface area (Å²) in [5.74, 6) is 0. The number of nitrogens with one attached hydrogen (secondary N) is 1. The van der Waals surface area contributed by atoms with Crippen molar-refractivity contribution >= 4 is 0 Å². The van der Waals surface area contributed by atoms with Crippen LogP contribution in [0.1, 0.15) is 44.3 Å². The Labute approximate surface area is 122 Å². The maximum atomic E-state index is 10.1. The molecule has 1 aliphatic heterocycles. The van der Waals surface area contributed by atoms with Gasteiger partial charge in [0.15, 0.2) is 0 Å². The molecular formula is C17H28NO2+. The van der Waals surface area contributed by atoms with E-state index in [9.17, 15) is 5.11 Å². The summed E-state index contributed by atoms with van der Waals surface area (Å²) in [5, 5.41) is 10.1. The Morgan fingerprint density at radius 3 is 2.50 bits per heavy atom. The van der Waals surface area contributed by atoms with E-state index in [0.717, 1.165) is 13.0 Å². The van der Waals surface area contributed by atoms with Gasteiger partial charge in [0.2, 0.25) is 0 Å². The average Bonchev–Trinajstić information content (AvgIpc) is 2.50. The van der Waals surface area contributed by atoms with Crippen LogP contribution in [-0.2, 0) is 4.74 Å². The maximum Gasteiger partial charge on any atom is 0.126 e. The van der Waals surface area contributed by atoms with Crippen molar-refractivity contribution in [2.75, 3.05) is 26.2 Å². The van der Waals surface area contributed by atoms with Crippen molar-refractivity contribution in [3.05, 3.63) is 35.9 Å². The molecule has 20 heavy (non-hydrogen) atoms. The number of piperidine rings is 1. The number of likely N-dealkylation sites (tertiary alicyclic amines) is 1. The van der Waals surface area contributed by atoms with Gasteiger partial charge in [0, 0.05) is 0 Å². The zero-order chi connectivity index (χ0) is 14.2. The average molecular weight is 278 g/mol. The van der Waals surface area contributed by atoms with Crippen LogP contribution in [0, 0.1) is 0 Å². The molecule has 0 aliphatic carbocycles. The summed E-state index contributed by atoms with van der Waals surface area (Å²) in [6.07, 6.45) is 4.63. The minimum absolute atomic E-state index is 0.0993. The largest absolute Gasteiger partial charge is 0.385 e. The van der Waals surface area contributed by atoms with Crippen LogP contribution in [0.2, 0.25) is 0 Å². The van der Waals surface area contributed by atoms with Crippen LogP contribution >= 0.6 is 0 Å². The smallest absolute Gasteiger partial charge is 0.126 e. The van der Waals surface area contributed by atoms with E-state index in [1.807, 2.05) is 18.2 Å². The van der Waals surface area contributed by atoms with Gasteiger partial charge in [0.1, 0.15) is 12.6 Å². The van der Waals surface area contributed by atoms with Crippen LogP contribution < -0.4 is 4.90 Å². The molecule has 112 valence electrons. The van der Waals surface area contributed by atoms with E-state index in [1.54, 1.807) is 0 Å². The minimum Gasteiger partial charge on any atom is -0.385 e. The van der Waals surface area contributed by atoms with Crippen LogP contribution in [-0.4, -0.2) is 37.5 Å². The summed E-state index contributed by atoms with van der Waals surface area (Å²) in [5.41, 5.74) is 1.20. The predicted molar refractivity (Wildman–Crippen MR) is 80.8 cm³/mol. The molecular weight excluding hydrogens is 250 g/mol. The van der Waals surface area contributed by atoms with E-state index in [1.165, 1.54) is 42.8 Å². The summed E-state index contributed by atoms with van der Waals surface area (Å²) in [6.45, 7) is 5.79. The maximum absolute atomic E-state index is 10.1. The van der Waals surface area contributed by atoms with Crippen molar-refractivity contribution in [2.45, 2.75) is 44.8 Å². The number of aliphatic hydroxyl groups excluding tert-OH is 1. The second-order valence-corrected chi connectivity index (χ2v) is 5.81. The van der Waals surface area contributed by atoms with Gasteiger partial charge in [-0.1, -0.05) is 37.3 Å². The fraction of sp³-hybridized carbons (Fsp3) is 0.647. The number of hydrogen-bond acceptors (Lipinski definition) is 2. The first-order chi connectivity index (χ1) is 9.79. The summed E-state index contributed by atoms with van der Waals surface area (Å²) < 4.78 is 5.92. The van der Waals surface area contributed by atoms with Crippen molar-refractivity contribution in [1.82, 2.24) is 0 Å². The SMILES string of the molecule is CC[C@H](OC[C@H](O)C[NH+]1CCCCC1)c1ccccc1. The quantitative estimate of drug-likeness (QED) is 0.794. The molecule has 1 aromatic carbocycles. The van der Waals surface area contributed by atoms with Crippen LogP contribution in [0.25, 0.3) is 0 Å². The third-order valence-electron chi connectivity index (χ3n) is 4.12. The van der Waals surface area contributed by atoms with Gasteiger partial charge in [-0.05, 0) is 31.2 Å². The number of benzene rings is 1. The van der Waals surface area contributed by atoms with Gasteiger partial charge in [0.05, 0.1) is 25.8 Å². The zero-order valence-corrected chi connectivity index (χ0v) is 12.6. The highest BCUT2D eigenvalue weighted by Crippen LogP contribution is 2.20. The Kier molecular flexibility index (Phi) is 6.51. The first-order valence-electron chi connectivity index (χ1n) is 7.97. The number of hydrogen-bond donors (Lipinski definition) is 2. The molecule has 3 nitrogen and oxygen atoms in total. The molecule has 2 N–H and O–H groups in total. The Morgan fingerprint density at radius 1 is 1.15 bits per heavy atom. The number of quaternary nitrogens is 1. The van der Waals surface area contributed by atoms with E-state index < -0.39 is 0 Å². The van der Waals surface area contributed by atoms with E-state index in [4.69, 9.17) is 4.74 Å². The van der Waals surface area contributed by atoms with Crippen molar-refractivity contribution in [3.8, 4) is 0 Å². The van der Waals surface area contributed by atoms with Crippen LogP contribution in [0.5, 0.6) is 0 Å². The highest BCUT2D eigenvalue weighted by molar-refractivity contribution is 5.17. The lowest BCUT2D eigenvalue weighted by Crippen LogP contribution is -3.14. The molecule has 1 fully saturated rings. The molecule has 1 heterocycles. The lowest BCUT2D eigenvalue weighted by atomic mass is 10.1. The minimum atomic E-state index is -0.346. The second kappa shape index (κ2) is 8.40. The Bertz CT molecular complexity index is 363. The molecule has 0 unspecified atom stereocenters. The third-order valence-corrected chi connectivity index (χ3v) is 4.12. The van der Waals surface area contributed by atoms with Crippen molar-refractivity contribution in [1.29, 1.82) is 0 Å². The third kappa shape index (κ3) is 4.89. The highest BCUT2D eigenvalue weighted by Gasteiger charge is 2.19. The van der Waals surface area contributed by atoms with Gasteiger partial charge in [-0.2, -0.15) is 0 Å². The summed E-state index contributed by atoms with van der Waals surface area (Å²) in [7, 11) is 0. The summed E-state index contributed by atoms with van der Waals surface area (Å²) in [6, 6.07) is 10.3. The normalized spacial score (nSPS) is 19.7. The molecule has 2 atom stereocenters. The standard InChI is InChI=1S/C17H27NO2/c1-2-17(15-9-5-3-6-10-15)20-14-16(19)13-18-11-7-4-8-12-18/h3,5-6,9-10,16-17,19H,2,4,7-8,11-14H2,1H3/p+1/t16-,17+/m1/s1. The predicted octanol–water partition coefficient (Wildman–Crippen LogP) is 1.58. The first-order valence-corrected chi connectivity index (χ1v) is 7.97. The van der Waals surface area contributed by atoms with Gasteiger partial charge in [-0.15, -0.1) is 0 Å². The van der Waals surface area contributed by atoms with Gasteiger partial charge in [0.25, 0.3) is 0 Å². The second-order valence-electron chi connectivity index (χ2n) is 5.81. The molecule has 2 rings (SSSR count). The van der Waals surface area contributed by atoms with Gasteiger partial charge in [-0.3, -0.25) is 0 Å². The molecule has 0 bridgehead atoms. The Balaban J connectivity index is 1.75. The monoisotopic (exact) mass is 278 g/mol. The molecule has 1 aliphatic rings. The fourth-order valence-electron chi connectivity index (χ4n) is 2.99. The molecule has 1 aromatic rings. The van der Waals surface area contributed by atoms with E-state index in [0.29, 0.717) is 6.61 Å². The lowest BCUT2D eigenvalue weighted by molar-refractivity contribution is -0.908. The van der Waals surface area contributed by atoms with Gasteiger partial charge < -0.3 is 14.7 Å². The molecule has 1 saturated heterocycles. The van der Waals surface area contributed by atoms with Crippen molar-refractivity contribution in [2.24, 2.45) is 0 Å². The molecule has 3 heteroatoms. The fourth-order valence-corrected chi connectivity index (χ4v) is 2.99. The van der Waals surface area contributed by atoms with Crippen molar-refractivity contribution < 1.29 is 14.7 Å². The van der Waals surface area contributed by atoms with Crippen LogP contribution in [0.4, 0.5) is 0 Å². The van der Waals surface area contributed by atoms with E-state index in [-0.39, 0.29) is 12.2 Å². The van der Waals surface area contributed by atoms with E-state index >= 15 is 0 Å². The summed E-state index contributed by atoms with van der Waals surface area (Å²) in [4.78, 5) is 1.53. The number of aliphatic hydroxyl groups is 1. The molecule has 0 spiro atoms. The lowest BCUT2D eigenvalue weighted by Gasteiger charge is -2.26. The van der Waals surface area contributed by atoms with Crippen LogP contribution in [0.3, 0.4) is 0 Å². The van der Waals surface area contributed by atoms with Crippen LogP contribution in [0.15, 0.2) is 30.3 Å². The van der Waals surface area contributed by atoms with Gasteiger partial charge >= 0.3 is 0 Å². The number of rotatable bonds is 7. The Morgan fingerprint density at radius 2 is 1.85 bits per heavy atom. The van der Waals surface area contributed by atoms with Gasteiger partial charge in [-0.25, -0.2) is 0 Å². The molecule has 0 amide bonds. The molecule has 0 saturated carbocycles. The number of ether oxygens (including phenoxy) is 1.